The van der Waals surface area contributed by atoms with E-state index in [1.807, 2.05) is 0 Å². The van der Waals surface area contributed by atoms with Gasteiger partial charge in [-0.2, -0.15) is 0 Å². The fourth-order valence-corrected chi connectivity index (χ4v) is 6.88. The normalized spacial score (nSPS) is 11.0. The van der Waals surface area contributed by atoms with Crippen LogP contribution >= 0.6 is 0 Å². The quantitative estimate of drug-likeness (QED) is 0.0466. The molecule has 0 fully saturated rings. The lowest BCUT2D eigenvalue weighted by Crippen LogP contribution is -2.05. The highest BCUT2D eigenvalue weighted by Crippen LogP contribution is 2.16. The summed E-state index contributed by atoms with van der Waals surface area (Å²) in [7, 11) is 1.47. The van der Waals surface area contributed by atoms with Crippen LogP contribution < -0.4 is 0 Å². The monoisotopic (exact) mass is 723 g/mol. The molecule has 0 N–H and O–H groups in total. The van der Waals surface area contributed by atoms with Crippen LogP contribution in [0.5, 0.6) is 0 Å². The minimum atomic E-state index is -0.0651. The van der Waals surface area contributed by atoms with Gasteiger partial charge in [-0.15, -0.1) is 0 Å². The van der Waals surface area contributed by atoms with Crippen molar-refractivity contribution in [3.05, 3.63) is 0 Å². The van der Waals surface area contributed by atoms with Crippen molar-refractivity contribution in [2.75, 3.05) is 13.7 Å². The molecule has 0 aromatic heterocycles. The topological polar surface area (TPSA) is 52.6 Å². The average molecular weight is 723 g/mol. The lowest BCUT2D eigenvalue weighted by Gasteiger charge is -2.05. The van der Waals surface area contributed by atoms with Gasteiger partial charge >= 0.3 is 11.9 Å². The van der Waals surface area contributed by atoms with Gasteiger partial charge in [-0.05, 0) is 19.3 Å². The molecule has 0 amide bonds. The van der Waals surface area contributed by atoms with E-state index in [1.165, 1.54) is 232 Å². The molecule has 0 atom stereocenters. The number of carbonyl (C=O) groups is 2. The van der Waals surface area contributed by atoms with Gasteiger partial charge in [0.05, 0.1) is 13.7 Å². The first-order chi connectivity index (χ1) is 25.1. The standard InChI is InChI=1S/C28H56O2.C19H38O2/c1-3-5-7-9-11-13-14-15-16-17-18-19-20-22-24-26-28(29)30-27-25-23-21-12-10-8-6-4-2;1-3-4-5-6-7-8-9-10-11-12-13-14-15-16-17-18-19(20)21-2/h3-27H2,1-2H3;3-18H2,1-2H3. The first-order valence-corrected chi connectivity index (χ1v) is 23.3. The molecule has 0 aliphatic rings. The SMILES string of the molecule is CCCCCCCCCCCCCCCCCC(=O)OC.CCCCCCCCCCCCCCCCCC(=O)OCCCCCCCCCC. The molecular formula is C47H94O4. The number of ether oxygens (including phenoxy) is 2. The summed E-state index contributed by atoms with van der Waals surface area (Å²) in [6.45, 7) is 7.45. The number of hydrogen-bond acceptors (Lipinski definition) is 4. The Hall–Kier alpha value is -1.06. The molecule has 306 valence electrons. The fourth-order valence-electron chi connectivity index (χ4n) is 6.88. The highest BCUT2D eigenvalue weighted by atomic mass is 16.5. The van der Waals surface area contributed by atoms with Gasteiger partial charge in [-0.25, -0.2) is 0 Å². The summed E-state index contributed by atoms with van der Waals surface area (Å²) in [5.41, 5.74) is 0. The number of rotatable bonds is 41. The Morgan fingerprint density at radius 2 is 0.510 bits per heavy atom. The van der Waals surface area contributed by atoms with Gasteiger partial charge in [-0.1, -0.05) is 245 Å². The summed E-state index contributed by atoms with van der Waals surface area (Å²) in [4.78, 5) is 22.7. The van der Waals surface area contributed by atoms with Gasteiger partial charge in [0.25, 0.3) is 0 Å². The van der Waals surface area contributed by atoms with E-state index >= 15 is 0 Å². The summed E-state index contributed by atoms with van der Waals surface area (Å²) in [6.07, 6.45) is 52.3. The molecule has 4 heteroatoms. The van der Waals surface area contributed by atoms with Crippen LogP contribution in [0.25, 0.3) is 0 Å². The van der Waals surface area contributed by atoms with Gasteiger partial charge in [0.15, 0.2) is 0 Å². The van der Waals surface area contributed by atoms with E-state index in [9.17, 15) is 9.59 Å². The fraction of sp³-hybridized carbons (Fsp3) is 0.957. The molecule has 0 heterocycles. The largest absolute Gasteiger partial charge is 0.469 e. The Balaban J connectivity index is 0. The van der Waals surface area contributed by atoms with E-state index in [0.29, 0.717) is 19.4 Å². The number of unbranched alkanes of at least 4 members (excludes halogenated alkanes) is 35. The zero-order valence-corrected chi connectivity index (χ0v) is 35.6. The molecule has 51 heavy (non-hydrogen) atoms. The minimum Gasteiger partial charge on any atom is -0.469 e. The second kappa shape index (κ2) is 48.9. The van der Waals surface area contributed by atoms with Crippen molar-refractivity contribution >= 4 is 11.9 Å². The summed E-state index contributed by atoms with van der Waals surface area (Å²) in [6, 6.07) is 0. The minimum absolute atomic E-state index is 0.0210. The molecule has 0 spiro atoms. The first-order valence-electron chi connectivity index (χ1n) is 23.3. The van der Waals surface area contributed by atoms with Crippen LogP contribution in [-0.4, -0.2) is 25.7 Å². The van der Waals surface area contributed by atoms with Crippen LogP contribution in [0.3, 0.4) is 0 Å². The Morgan fingerprint density at radius 1 is 0.294 bits per heavy atom. The third kappa shape index (κ3) is 51.1. The first kappa shape index (κ1) is 52.0. The number of hydrogen-bond donors (Lipinski definition) is 0. The molecule has 0 aliphatic heterocycles. The van der Waals surface area contributed by atoms with Crippen molar-refractivity contribution in [1.29, 1.82) is 0 Å². The second-order valence-electron chi connectivity index (χ2n) is 15.7. The smallest absolute Gasteiger partial charge is 0.305 e. The lowest BCUT2D eigenvalue weighted by molar-refractivity contribution is -0.144. The second-order valence-corrected chi connectivity index (χ2v) is 15.7. The van der Waals surface area contributed by atoms with Crippen LogP contribution in [-0.2, 0) is 19.1 Å². The van der Waals surface area contributed by atoms with Crippen LogP contribution in [0.15, 0.2) is 0 Å². The third-order valence-electron chi connectivity index (χ3n) is 10.5. The Morgan fingerprint density at radius 3 is 0.765 bits per heavy atom. The highest BCUT2D eigenvalue weighted by molar-refractivity contribution is 5.69. The maximum Gasteiger partial charge on any atom is 0.305 e. The van der Waals surface area contributed by atoms with Crippen molar-refractivity contribution in [1.82, 2.24) is 0 Å². The molecule has 0 rings (SSSR count). The Bertz CT molecular complexity index is 648. The van der Waals surface area contributed by atoms with Gasteiger partial charge in [0.2, 0.25) is 0 Å². The van der Waals surface area contributed by atoms with Crippen molar-refractivity contribution < 1.29 is 19.1 Å². The van der Waals surface area contributed by atoms with E-state index in [4.69, 9.17) is 4.74 Å². The van der Waals surface area contributed by atoms with Gasteiger partial charge in [0, 0.05) is 12.8 Å². The van der Waals surface area contributed by atoms with Gasteiger partial charge in [-0.3, -0.25) is 9.59 Å². The summed E-state index contributed by atoms with van der Waals surface area (Å²) in [5.74, 6) is -0.0441. The van der Waals surface area contributed by atoms with E-state index in [0.717, 1.165) is 19.3 Å². The van der Waals surface area contributed by atoms with Crippen molar-refractivity contribution in [3.8, 4) is 0 Å². The number of methoxy groups -OCH3 is 1. The molecule has 0 saturated carbocycles. The molecule has 0 radical (unpaired) electrons. The van der Waals surface area contributed by atoms with Crippen LogP contribution in [0.1, 0.15) is 278 Å². The number of carbonyl (C=O) groups excluding carboxylic acids is 2. The van der Waals surface area contributed by atoms with Crippen LogP contribution in [0.4, 0.5) is 0 Å². The molecule has 0 aliphatic carbocycles. The predicted octanol–water partition coefficient (Wildman–Crippen LogP) is 16.4. The zero-order chi connectivity index (χ0) is 37.6. The third-order valence-corrected chi connectivity index (χ3v) is 10.5. The predicted molar refractivity (Wildman–Crippen MR) is 225 cm³/mol. The van der Waals surface area contributed by atoms with E-state index in [-0.39, 0.29) is 11.9 Å². The summed E-state index contributed by atoms with van der Waals surface area (Å²) < 4.78 is 10.00. The van der Waals surface area contributed by atoms with Crippen LogP contribution in [0, 0.1) is 0 Å². The molecule has 0 unspecified atom stereocenters. The lowest BCUT2D eigenvalue weighted by atomic mass is 10.0. The molecule has 0 aromatic rings. The summed E-state index contributed by atoms with van der Waals surface area (Å²) >= 11 is 0. The Labute approximate surface area is 321 Å². The van der Waals surface area contributed by atoms with Gasteiger partial charge in [0.1, 0.15) is 0 Å². The number of esters is 2. The van der Waals surface area contributed by atoms with Crippen LogP contribution in [0.2, 0.25) is 0 Å². The molecule has 0 bridgehead atoms. The Kier molecular flexibility index (Phi) is 49.9. The van der Waals surface area contributed by atoms with Crippen molar-refractivity contribution in [2.24, 2.45) is 0 Å². The maximum absolute atomic E-state index is 11.8. The molecule has 0 saturated heterocycles. The molecule has 0 aromatic carbocycles. The van der Waals surface area contributed by atoms with Crippen molar-refractivity contribution in [2.45, 2.75) is 278 Å². The summed E-state index contributed by atoms with van der Waals surface area (Å²) in [5, 5.41) is 0. The van der Waals surface area contributed by atoms with Gasteiger partial charge < -0.3 is 9.47 Å². The molecule has 4 nitrogen and oxygen atoms in total. The molecular weight excluding hydrogens is 629 g/mol. The van der Waals surface area contributed by atoms with Crippen molar-refractivity contribution in [3.63, 3.8) is 0 Å². The zero-order valence-electron chi connectivity index (χ0n) is 35.6. The van der Waals surface area contributed by atoms with E-state index in [1.54, 1.807) is 0 Å². The highest BCUT2D eigenvalue weighted by Gasteiger charge is 2.03. The van der Waals surface area contributed by atoms with E-state index in [2.05, 4.69) is 25.5 Å². The maximum atomic E-state index is 11.8. The average Bonchev–Trinajstić information content (AvgIpc) is 3.14. The van der Waals surface area contributed by atoms with E-state index < -0.39 is 0 Å².